The molecule has 0 radical (unpaired) electrons. The highest BCUT2D eigenvalue weighted by molar-refractivity contribution is 5.63. The topological polar surface area (TPSA) is 112 Å². The first kappa shape index (κ1) is 17.2. The largest absolute Gasteiger partial charge is 0.476 e. The zero-order valence-electron chi connectivity index (χ0n) is 14.6. The summed E-state index contributed by atoms with van der Waals surface area (Å²) in [5.74, 6) is 2.35. The molecule has 3 heterocycles. The first-order valence-corrected chi connectivity index (χ1v) is 8.14. The quantitative estimate of drug-likeness (QED) is 0.562. The summed E-state index contributed by atoms with van der Waals surface area (Å²) in [7, 11) is 0. The van der Waals surface area contributed by atoms with E-state index in [9.17, 15) is 5.26 Å². The fourth-order valence-electron chi connectivity index (χ4n) is 2.38. The van der Waals surface area contributed by atoms with E-state index in [4.69, 9.17) is 4.74 Å². The van der Waals surface area contributed by atoms with Crippen LogP contribution in [0.15, 0.2) is 36.5 Å². The molecule has 8 nitrogen and oxygen atoms in total. The van der Waals surface area contributed by atoms with E-state index in [1.807, 2.05) is 38.1 Å². The molecule has 0 unspecified atom stereocenters. The van der Waals surface area contributed by atoms with Gasteiger partial charge in [-0.1, -0.05) is 6.07 Å². The Labute approximate surface area is 151 Å². The van der Waals surface area contributed by atoms with E-state index in [-0.39, 0.29) is 0 Å². The Hall–Kier alpha value is -3.60. The van der Waals surface area contributed by atoms with Crippen LogP contribution in [0.4, 0.5) is 17.5 Å². The first-order valence-electron chi connectivity index (χ1n) is 8.14. The van der Waals surface area contributed by atoms with Crippen molar-refractivity contribution in [2.24, 2.45) is 0 Å². The number of ether oxygens (including phenoxy) is 1. The van der Waals surface area contributed by atoms with Gasteiger partial charge in [0, 0.05) is 24.0 Å². The van der Waals surface area contributed by atoms with Crippen molar-refractivity contribution in [2.75, 3.05) is 23.8 Å². The van der Waals surface area contributed by atoms with Gasteiger partial charge in [-0.25, -0.2) is 9.97 Å². The van der Waals surface area contributed by atoms with Crippen LogP contribution < -0.4 is 15.4 Å². The van der Waals surface area contributed by atoms with Crippen molar-refractivity contribution in [1.29, 1.82) is 5.26 Å². The van der Waals surface area contributed by atoms with Gasteiger partial charge in [-0.2, -0.15) is 10.4 Å². The zero-order valence-corrected chi connectivity index (χ0v) is 14.6. The van der Waals surface area contributed by atoms with Gasteiger partial charge in [0.2, 0.25) is 5.88 Å². The van der Waals surface area contributed by atoms with Crippen LogP contribution in [0, 0.1) is 25.2 Å². The Morgan fingerprint density at radius 1 is 1.23 bits per heavy atom. The number of nitriles is 1. The van der Waals surface area contributed by atoms with Gasteiger partial charge in [0.1, 0.15) is 24.3 Å². The van der Waals surface area contributed by atoms with E-state index in [1.54, 1.807) is 12.3 Å². The lowest BCUT2D eigenvalue weighted by Crippen LogP contribution is -2.14. The summed E-state index contributed by atoms with van der Waals surface area (Å²) in [6.45, 7) is 4.68. The number of aromatic amines is 1. The summed E-state index contributed by atoms with van der Waals surface area (Å²) in [6, 6.07) is 11.4. The molecule has 3 aromatic rings. The van der Waals surface area contributed by atoms with Crippen LogP contribution in [-0.4, -0.2) is 33.3 Å². The molecule has 0 aliphatic heterocycles. The van der Waals surface area contributed by atoms with Gasteiger partial charge in [0.05, 0.1) is 12.1 Å². The van der Waals surface area contributed by atoms with E-state index in [0.29, 0.717) is 42.0 Å². The third kappa shape index (κ3) is 4.27. The number of pyridine rings is 2. The Balaban J connectivity index is 1.67. The van der Waals surface area contributed by atoms with Crippen molar-refractivity contribution >= 4 is 17.5 Å². The van der Waals surface area contributed by atoms with E-state index in [1.165, 1.54) is 0 Å². The average Bonchev–Trinajstić information content (AvgIpc) is 3.04. The second kappa shape index (κ2) is 7.98. The van der Waals surface area contributed by atoms with E-state index in [2.05, 4.69) is 36.9 Å². The molecule has 0 amide bonds. The lowest BCUT2D eigenvalue weighted by atomic mass is 10.1. The summed E-state index contributed by atoms with van der Waals surface area (Å²) in [5, 5.41) is 22.7. The maximum absolute atomic E-state index is 9.41. The SMILES string of the molecule is Cc1cc(Nc2cc(C)c(C#N)c(NCCOc3ccccn3)n2)n[nH]1. The number of rotatable bonds is 7. The highest BCUT2D eigenvalue weighted by atomic mass is 16.5. The molecule has 132 valence electrons. The molecule has 3 aromatic heterocycles. The lowest BCUT2D eigenvalue weighted by Gasteiger charge is -2.12. The van der Waals surface area contributed by atoms with Crippen molar-refractivity contribution in [1.82, 2.24) is 20.2 Å². The predicted octanol–water partition coefficient (Wildman–Crippen LogP) is 2.92. The summed E-state index contributed by atoms with van der Waals surface area (Å²) in [6.07, 6.45) is 1.67. The zero-order chi connectivity index (χ0) is 18.4. The van der Waals surface area contributed by atoms with Crippen LogP contribution in [0.5, 0.6) is 5.88 Å². The molecule has 0 aliphatic rings. The van der Waals surface area contributed by atoms with Crippen LogP contribution in [0.1, 0.15) is 16.8 Å². The van der Waals surface area contributed by atoms with Crippen LogP contribution in [-0.2, 0) is 0 Å². The number of nitrogens with zero attached hydrogens (tertiary/aromatic N) is 4. The highest BCUT2D eigenvalue weighted by Gasteiger charge is 2.11. The number of nitrogens with one attached hydrogen (secondary N) is 3. The third-order valence-electron chi connectivity index (χ3n) is 3.57. The standard InChI is InChI=1S/C18H19N7O/c1-12-9-15(22-16-10-13(2)24-25-16)23-18(14(12)11-19)21-7-8-26-17-5-3-4-6-20-17/h3-6,9-10H,7-8H2,1-2H3,(H3,21,22,23,24,25). The van der Waals surface area contributed by atoms with Crippen molar-refractivity contribution in [2.45, 2.75) is 13.8 Å². The van der Waals surface area contributed by atoms with Gasteiger partial charge in [-0.05, 0) is 31.5 Å². The van der Waals surface area contributed by atoms with Gasteiger partial charge < -0.3 is 15.4 Å². The monoisotopic (exact) mass is 349 g/mol. The number of aryl methyl sites for hydroxylation is 2. The number of hydrogen-bond donors (Lipinski definition) is 3. The summed E-state index contributed by atoms with van der Waals surface area (Å²) in [5.41, 5.74) is 2.28. The van der Waals surface area contributed by atoms with Crippen LogP contribution in [0.3, 0.4) is 0 Å². The smallest absolute Gasteiger partial charge is 0.213 e. The minimum Gasteiger partial charge on any atom is -0.476 e. The average molecular weight is 349 g/mol. The minimum absolute atomic E-state index is 0.402. The fraction of sp³-hybridized carbons (Fsp3) is 0.222. The van der Waals surface area contributed by atoms with Crippen molar-refractivity contribution < 1.29 is 4.74 Å². The molecule has 3 rings (SSSR count). The van der Waals surface area contributed by atoms with Crippen LogP contribution in [0.2, 0.25) is 0 Å². The van der Waals surface area contributed by atoms with Crippen molar-refractivity contribution in [3.05, 3.63) is 53.3 Å². The second-order valence-electron chi connectivity index (χ2n) is 5.66. The molecule has 0 fully saturated rings. The predicted molar refractivity (Wildman–Crippen MR) is 98.5 cm³/mol. The van der Waals surface area contributed by atoms with Crippen molar-refractivity contribution in [3.8, 4) is 11.9 Å². The molecule has 0 bridgehead atoms. The van der Waals surface area contributed by atoms with Crippen LogP contribution in [0.25, 0.3) is 0 Å². The molecule has 8 heteroatoms. The fourth-order valence-corrected chi connectivity index (χ4v) is 2.38. The molecular formula is C18H19N7O. The second-order valence-corrected chi connectivity index (χ2v) is 5.66. The summed E-state index contributed by atoms with van der Waals surface area (Å²) >= 11 is 0. The molecule has 0 aromatic carbocycles. The molecule has 0 aliphatic carbocycles. The van der Waals surface area contributed by atoms with Gasteiger partial charge in [0.25, 0.3) is 0 Å². The van der Waals surface area contributed by atoms with Gasteiger partial charge in [-0.3, -0.25) is 5.10 Å². The Kier molecular flexibility index (Phi) is 5.29. The Morgan fingerprint density at radius 3 is 2.81 bits per heavy atom. The van der Waals surface area contributed by atoms with Gasteiger partial charge in [0.15, 0.2) is 5.82 Å². The normalized spacial score (nSPS) is 10.2. The maximum atomic E-state index is 9.41. The van der Waals surface area contributed by atoms with E-state index < -0.39 is 0 Å². The molecule has 0 saturated heterocycles. The van der Waals surface area contributed by atoms with E-state index in [0.717, 1.165) is 11.3 Å². The lowest BCUT2D eigenvalue weighted by molar-refractivity contribution is 0.320. The van der Waals surface area contributed by atoms with Gasteiger partial charge >= 0.3 is 0 Å². The van der Waals surface area contributed by atoms with Crippen molar-refractivity contribution in [3.63, 3.8) is 0 Å². The Bertz CT molecular complexity index is 915. The number of anilines is 3. The van der Waals surface area contributed by atoms with E-state index >= 15 is 0 Å². The first-order chi connectivity index (χ1) is 12.7. The van der Waals surface area contributed by atoms with Gasteiger partial charge in [-0.15, -0.1) is 0 Å². The highest BCUT2D eigenvalue weighted by Crippen LogP contribution is 2.22. The number of H-pyrrole nitrogens is 1. The molecular weight excluding hydrogens is 330 g/mol. The summed E-state index contributed by atoms with van der Waals surface area (Å²) in [4.78, 5) is 8.58. The molecule has 3 N–H and O–H groups in total. The molecule has 0 saturated carbocycles. The minimum atomic E-state index is 0.402. The van der Waals surface area contributed by atoms with Crippen LogP contribution >= 0.6 is 0 Å². The molecule has 0 spiro atoms. The molecule has 26 heavy (non-hydrogen) atoms. The maximum Gasteiger partial charge on any atom is 0.213 e. The number of aromatic nitrogens is 4. The Morgan fingerprint density at radius 2 is 2.12 bits per heavy atom. The number of hydrogen-bond acceptors (Lipinski definition) is 7. The summed E-state index contributed by atoms with van der Waals surface area (Å²) < 4.78 is 5.55. The molecule has 0 atom stereocenters. The third-order valence-corrected chi connectivity index (χ3v) is 3.57.